The van der Waals surface area contributed by atoms with Gasteiger partial charge in [-0.05, 0) is 36.2 Å². The van der Waals surface area contributed by atoms with Crippen LogP contribution in [0, 0.1) is 5.82 Å². The number of thiazole rings is 1. The summed E-state index contributed by atoms with van der Waals surface area (Å²) in [6.07, 6.45) is 4.49. The molecule has 0 aliphatic rings. The molecule has 6 aromatic rings. The zero-order valence-corrected chi connectivity index (χ0v) is 21.5. The van der Waals surface area contributed by atoms with E-state index in [2.05, 4.69) is 19.9 Å². The molecule has 2 N–H and O–H groups in total. The number of anilines is 1. The Morgan fingerprint density at radius 3 is 2.66 bits per heavy atom. The van der Waals surface area contributed by atoms with Crippen molar-refractivity contribution in [3.63, 3.8) is 0 Å². The van der Waals surface area contributed by atoms with Gasteiger partial charge in [-0.3, -0.25) is 9.20 Å². The Kier molecular flexibility index (Phi) is 5.77. The van der Waals surface area contributed by atoms with Crippen molar-refractivity contribution in [1.82, 2.24) is 34.1 Å². The number of benzene rings is 1. The number of aromatic nitrogens is 7. The first-order chi connectivity index (χ1) is 18.4. The minimum Gasteiger partial charge on any atom is -0.467 e. The fourth-order valence-electron chi connectivity index (χ4n) is 4.46. The minimum absolute atomic E-state index is 0.207. The molecule has 6 rings (SSSR count). The second-order valence-electron chi connectivity index (χ2n) is 8.41. The molecule has 13 heteroatoms. The lowest BCUT2D eigenvalue weighted by molar-refractivity contribution is 0.380. The molecular weight excluding hydrogens is 531 g/mol. The van der Waals surface area contributed by atoms with Gasteiger partial charge in [0.25, 0.3) is 5.56 Å². The Hall–Kier alpha value is -4.42. The maximum Gasteiger partial charge on any atom is 0.316 e. The van der Waals surface area contributed by atoms with E-state index in [0.717, 1.165) is 0 Å². The number of methoxy groups -OCH3 is 1. The maximum absolute atomic E-state index is 14.3. The lowest BCUT2D eigenvalue weighted by Gasteiger charge is -2.18. The van der Waals surface area contributed by atoms with Crippen LogP contribution in [0.25, 0.3) is 38.2 Å². The molecule has 0 saturated carbocycles. The molecule has 1 unspecified atom stereocenters. The first-order valence-electron chi connectivity index (χ1n) is 11.3. The monoisotopic (exact) mass is 548 g/mol. The number of pyridine rings is 1. The van der Waals surface area contributed by atoms with Crippen LogP contribution in [0.15, 0.2) is 59.2 Å². The van der Waals surface area contributed by atoms with Crippen LogP contribution in [-0.4, -0.2) is 41.2 Å². The van der Waals surface area contributed by atoms with E-state index in [1.807, 2.05) is 13.0 Å². The topological polar surface area (TPSA) is 126 Å². The minimum atomic E-state index is -0.531. The van der Waals surface area contributed by atoms with E-state index >= 15 is 0 Å². The molecule has 0 amide bonds. The van der Waals surface area contributed by atoms with Crippen molar-refractivity contribution in [3.8, 4) is 28.4 Å². The predicted molar refractivity (Wildman–Crippen MR) is 143 cm³/mol. The molecule has 5 heterocycles. The number of ether oxygens (including phenoxy) is 1. The molecule has 10 nitrogen and oxygen atoms in total. The van der Waals surface area contributed by atoms with Crippen molar-refractivity contribution in [2.24, 2.45) is 0 Å². The van der Waals surface area contributed by atoms with Gasteiger partial charge < -0.3 is 10.5 Å². The van der Waals surface area contributed by atoms with Gasteiger partial charge in [0, 0.05) is 23.3 Å². The van der Waals surface area contributed by atoms with Gasteiger partial charge in [-0.2, -0.15) is 5.10 Å². The summed E-state index contributed by atoms with van der Waals surface area (Å²) >= 11 is 7.66. The van der Waals surface area contributed by atoms with E-state index in [1.165, 1.54) is 41.3 Å². The first kappa shape index (κ1) is 23.9. The Morgan fingerprint density at radius 2 is 1.92 bits per heavy atom. The molecule has 1 atom stereocenters. The van der Waals surface area contributed by atoms with Gasteiger partial charge in [0.05, 0.1) is 24.1 Å². The van der Waals surface area contributed by atoms with E-state index in [9.17, 15) is 9.18 Å². The third kappa shape index (κ3) is 3.76. The van der Waals surface area contributed by atoms with Crippen molar-refractivity contribution in [2.45, 2.75) is 13.0 Å². The summed E-state index contributed by atoms with van der Waals surface area (Å²) in [5.74, 6) is -0.237. The van der Waals surface area contributed by atoms with Crippen LogP contribution in [0.1, 0.15) is 18.5 Å². The standard InChI is InChI=1S/C25H18ClFN8O2S/c1-12(16-7-18-34(17(26)10-38-18)24(36)19(16)13-4-3-5-15(27)6-13)35-23-20(22(28)31-11-32-23)21(33-35)14-8-29-25(37-2)30-9-14/h3-12H,1-2H3,(H2,28,31,32). The summed E-state index contributed by atoms with van der Waals surface area (Å²) in [4.78, 5) is 31.3. The number of fused-ring (bicyclic) bond motifs is 2. The fourth-order valence-corrected chi connectivity index (χ4v) is 5.62. The molecule has 0 radical (unpaired) electrons. The zero-order valence-electron chi connectivity index (χ0n) is 20.0. The zero-order chi connectivity index (χ0) is 26.6. The normalized spacial score (nSPS) is 12.3. The molecule has 0 spiro atoms. The van der Waals surface area contributed by atoms with E-state index in [1.54, 1.807) is 34.6 Å². The second kappa shape index (κ2) is 9.15. The van der Waals surface area contributed by atoms with E-state index < -0.39 is 11.9 Å². The predicted octanol–water partition coefficient (Wildman–Crippen LogP) is 4.62. The first-order valence-corrected chi connectivity index (χ1v) is 12.6. The lowest BCUT2D eigenvalue weighted by Crippen LogP contribution is -2.20. The Labute approximate surface area is 223 Å². The number of nitrogen functional groups attached to an aromatic ring is 1. The second-order valence-corrected chi connectivity index (χ2v) is 9.68. The van der Waals surface area contributed by atoms with E-state index in [0.29, 0.717) is 43.8 Å². The van der Waals surface area contributed by atoms with Gasteiger partial charge in [0.2, 0.25) is 0 Å². The molecule has 190 valence electrons. The number of nitrogens with zero attached hydrogens (tertiary/aromatic N) is 7. The number of halogens is 2. The average Bonchev–Trinajstić information content (AvgIpc) is 3.50. The summed E-state index contributed by atoms with van der Waals surface area (Å²) in [6.45, 7) is 1.88. The number of rotatable bonds is 5. The van der Waals surface area contributed by atoms with Crippen molar-refractivity contribution in [1.29, 1.82) is 0 Å². The highest BCUT2D eigenvalue weighted by Crippen LogP contribution is 2.36. The molecular formula is C25H18ClFN8O2S. The van der Waals surface area contributed by atoms with Gasteiger partial charge in [-0.1, -0.05) is 23.7 Å². The molecule has 0 aliphatic heterocycles. The van der Waals surface area contributed by atoms with Crippen LogP contribution in [0.3, 0.4) is 0 Å². The number of hydrogen-bond acceptors (Lipinski definition) is 9. The SMILES string of the molecule is COc1ncc(-c2nn(C(C)c3cc4scc(Cl)n4c(=O)c3-c3cccc(F)c3)c3ncnc(N)c23)cn1. The highest BCUT2D eigenvalue weighted by atomic mass is 35.5. The Morgan fingerprint density at radius 1 is 1.13 bits per heavy atom. The van der Waals surface area contributed by atoms with Gasteiger partial charge in [-0.25, -0.2) is 29.0 Å². The summed E-state index contributed by atoms with van der Waals surface area (Å²) in [5.41, 5.74) is 8.72. The third-order valence-corrected chi connectivity index (χ3v) is 7.52. The van der Waals surface area contributed by atoms with Gasteiger partial charge in [0.1, 0.15) is 33.6 Å². The summed E-state index contributed by atoms with van der Waals surface area (Å²) in [5, 5.41) is 7.30. The summed E-state index contributed by atoms with van der Waals surface area (Å²) < 4.78 is 22.4. The van der Waals surface area contributed by atoms with Crippen LogP contribution in [0.2, 0.25) is 5.15 Å². The summed E-state index contributed by atoms with van der Waals surface area (Å²) in [6, 6.07) is 7.42. The van der Waals surface area contributed by atoms with Crippen LogP contribution in [0.5, 0.6) is 6.01 Å². The fraction of sp³-hybridized carbons (Fsp3) is 0.120. The van der Waals surface area contributed by atoms with E-state index in [4.69, 9.17) is 27.2 Å². The van der Waals surface area contributed by atoms with Crippen LogP contribution < -0.4 is 16.0 Å². The molecule has 0 bridgehead atoms. The van der Waals surface area contributed by atoms with Crippen molar-refractivity contribution in [3.05, 3.63) is 81.3 Å². The molecule has 38 heavy (non-hydrogen) atoms. The quantitative estimate of drug-likeness (QED) is 0.331. The van der Waals surface area contributed by atoms with Crippen LogP contribution in [-0.2, 0) is 0 Å². The third-order valence-electron chi connectivity index (χ3n) is 6.23. The molecule has 5 aromatic heterocycles. The highest BCUT2D eigenvalue weighted by molar-refractivity contribution is 7.16. The van der Waals surface area contributed by atoms with Gasteiger partial charge in [0.15, 0.2) is 5.65 Å². The highest BCUT2D eigenvalue weighted by Gasteiger charge is 2.26. The smallest absolute Gasteiger partial charge is 0.316 e. The van der Waals surface area contributed by atoms with Crippen molar-refractivity contribution < 1.29 is 9.13 Å². The van der Waals surface area contributed by atoms with Crippen molar-refractivity contribution >= 4 is 44.6 Å². The summed E-state index contributed by atoms with van der Waals surface area (Å²) in [7, 11) is 1.48. The maximum atomic E-state index is 14.3. The van der Waals surface area contributed by atoms with E-state index in [-0.39, 0.29) is 22.5 Å². The Balaban J connectivity index is 1.62. The van der Waals surface area contributed by atoms with Crippen molar-refractivity contribution in [2.75, 3.05) is 12.8 Å². The van der Waals surface area contributed by atoms with Crippen LogP contribution in [0.4, 0.5) is 10.2 Å². The average molecular weight is 549 g/mol. The number of nitrogens with two attached hydrogens (primary N) is 1. The largest absolute Gasteiger partial charge is 0.467 e. The lowest BCUT2D eigenvalue weighted by atomic mass is 9.97. The number of hydrogen-bond donors (Lipinski definition) is 1. The van der Waals surface area contributed by atoms with Gasteiger partial charge in [-0.15, -0.1) is 11.3 Å². The molecule has 0 saturated heterocycles. The molecule has 0 fully saturated rings. The van der Waals surface area contributed by atoms with Crippen LogP contribution >= 0.6 is 22.9 Å². The Bertz CT molecular complexity index is 1900. The molecule has 1 aromatic carbocycles. The molecule has 0 aliphatic carbocycles. The van der Waals surface area contributed by atoms with Gasteiger partial charge >= 0.3 is 6.01 Å².